The molecule has 0 aliphatic heterocycles. The highest BCUT2D eigenvalue weighted by molar-refractivity contribution is 7.54. The first-order valence-electron chi connectivity index (χ1n) is 3.30. The lowest BCUT2D eigenvalue weighted by molar-refractivity contribution is -0.143. The molecule has 15 heavy (non-hydrogen) atoms. The van der Waals surface area contributed by atoms with Gasteiger partial charge in [0.1, 0.15) is 0 Å². The van der Waals surface area contributed by atoms with Gasteiger partial charge in [0.2, 0.25) is 5.16 Å². The second kappa shape index (κ2) is 4.42. The van der Waals surface area contributed by atoms with E-state index in [4.69, 9.17) is 9.79 Å². The third-order valence-corrected chi connectivity index (χ3v) is 3.09. The van der Waals surface area contributed by atoms with Gasteiger partial charge in [-0.05, 0) is 12.2 Å². The zero-order valence-electron chi connectivity index (χ0n) is 6.95. The minimum atomic E-state index is -5.84. The van der Waals surface area contributed by atoms with Gasteiger partial charge in [0.25, 0.3) is 0 Å². The Morgan fingerprint density at radius 2 is 1.33 bits per heavy atom. The maximum absolute atomic E-state index is 12.3. The summed E-state index contributed by atoms with van der Waals surface area (Å²) in [5, 5.41) is -3.97. The quantitative estimate of drug-likeness (QED) is 0.599. The molecule has 0 aliphatic rings. The van der Waals surface area contributed by atoms with Crippen molar-refractivity contribution in [2.75, 3.05) is 0 Å². The average molecular weight is 252 g/mol. The Balaban J connectivity index is 5.83. The summed E-state index contributed by atoms with van der Waals surface area (Å²) in [5.74, 6) is 0. The highest BCUT2D eigenvalue weighted by Crippen LogP contribution is 2.60. The van der Waals surface area contributed by atoms with Crippen LogP contribution in [0, 0.1) is 0 Å². The van der Waals surface area contributed by atoms with E-state index in [2.05, 4.69) is 0 Å². The maximum atomic E-state index is 12.3. The molecule has 0 aromatic heterocycles. The standard InChI is InChI=1S/C6H6F5O3P/c7-3-1-5(2-4-8,6(9,10)11)15(12,13)14/h1-4H,(H2,12,13,14). The molecule has 88 valence electrons. The minimum absolute atomic E-state index is 0.441. The van der Waals surface area contributed by atoms with Gasteiger partial charge >= 0.3 is 13.8 Å². The van der Waals surface area contributed by atoms with Crippen LogP contribution in [0.4, 0.5) is 22.0 Å². The fraction of sp³-hybridized carbons (Fsp3) is 0.333. The van der Waals surface area contributed by atoms with E-state index in [9.17, 15) is 26.5 Å². The Kier molecular flexibility index (Phi) is 4.21. The van der Waals surface area contributed by atoms with Crippen molar-refractivity contribution in [2.24, 2.45) is 0 Å². The topological polar surface area (TPSA) is 57.5 Å². The first-order valence-corrected chi connectivity index (χ1v) is 4.92. The fourth-order valence-corrected chi connectivity index (χ4v) is 1.63. The third-order valence-electron chi connectivity index (χ3n) is 1.57. The van der Waals surface area contributed by atoms with Crippen molar-refractivity contribution in [3.8, 4) is 0 Å². The Hall–Kier alpha value is -0.720. The molecule has 0 rings (SSSR count). The van der Waals surface area contributed by atoms with Crippen LogP contribution in [0.3, 0.4) is 0 Å². The van der Waals surface area contributed by atoms with Crippen LogP contribution in [0.25, 0.3) is 0 Å². The summed E-state index contributed by atoms with van der Waals surface area (Å²) in [6, 6.07) is 0. The third kappa shape index (κ3) is 2.64. The van der Waals surface area contributed by atoms with Gasteiger partial charge in [0.15, 0.2) is 0 Å². The van der Waals surface area contributed by atoms with Crippen molar-refractivity contribution in [1.29, 1.82) is 0 Å². The molecule has 0 atom stereocenters. The molecule has 0 radical (unpaired) electrons. The predicted octanol–water partition coefficient (Wildman–Crippen LogP) is 2.43. The second-order valence-electron chi connectivity index (χ2n) is 2.45. The van der Waals surface area contributed by atoms with Crippen molar-refractivity contribution in [3.05, 3.63) is 24.8 Å². The normalized spacial score (nSPS) is 18.6. The molecular weight excluding hydrogens is 246 g/mol. The number of allylic oxidation sites excluding steroid dienone is 2. The number of hydrogen-bond donors (Lipinski definition) is 2. The van der Waals surface area contributed by atoms with E-state index in [0.717, 1.165) is 0 Å². The summed E-state index contributed by atoms with van der Waals surface area (Å²) >= 11 is 0. The van der Waals surface area contributed by atoms with Crippen LogP contribution in [0.5, 0.6) is 0 Å². The van der Waals surface area contributed by atoms with Crippen molar-refractivity contribution >= 4 is 7.60 Å². The minimum Gasteiger partial charge on any atom is -0.323 e. The summed E-state index contributed by atoms with van der Waals surface area (Å²) < 4.78 is 71.0. The molecule has 0 heterocycles. The molecule has 0 saturated heterocycles. The molecule has 2 N–H and O–H groups in total. The van der Waals surface area contributed by atoms with Gasteiger partial charge in [-0.25, -0.2) is 8.78 Å². The smallest absolute Gasteiger partial charge is 0.323 e. The van der Waals surface area contributed by atoms with Gasteiger partial charge in [-0.15, -0.1) is 0 Å². The zero-order valence-corrected chi connectivity index (χ0v) is 7.84. The molecule has 0 amide bonds. The second-order valence-corrected chi connectivity index (χ2v) is 4.28. The van der Waals surface area contributed by atoms with Gasteiger partial charge in [0, 0.05) is 0 Å². The summed E-state index contributed by atoms with van der Waals surface area (Å²) in [5.41, 5.74) is 0. The van der Waals surface area contributed by atoms with Crippen molar-refractivity contribution in [2.45, 2.75) is 11.3 Å². The fourth-order valence-electron chi connectivity index (χ4n) is 0.796. The van der Waals surface area contributed by atoms with Gasteiger partial charge in [-0.3, -0.25) is 4.57 Å². The van der Waals surface area contributed by atoms with E-state index in [1.54, 1.807) is 0 Å². The highest BCUT2D eigenvalue weighted by Gasteiger charge is 2.63. The molecule has 0 saturated carbocycles. The van der Waals surface area contributed by atoms with Gasteiger partial charge in [0.05, 0.1) is 12.7 Å². The van der Waals surface area contributed by atoms with Gasteiger partial charge in [-0.2, -0.15) is 13.2 Å². The monoisotopic (exact) mass is 252 g/mol. The Morgan fingerprint density at radius 1 is 1.00 bits per heavy atom. The predicted molar refractivity (Wildman–Crippen MR) is 41.3 cm³/mol. The van der Waals surface area contributed by atoms with Crippen LogP contribution in [0.15, 0.2) is 24.8 Å². The van der Waals surface area contributed by atoms with E-state index in [-0.39, 0.29) is 0 Å². The summed E-state index contributed by atoms with van der Waals surface area (Å²) in [7, 11) is -5.84. The van der Waals surface area contributed by atoms with Crippen molar-refractivity contribution < 1.29 is 36.3 Å². The molecular formula is C6H6F5O3P. The lowest BCUT2D eigenvalue weighted by Crippen LogP contribution is -2.41. The van der Waals surface area contributed by atoms with E-state index in [1.165, 1.54) is 0 Å². The Morgan fingerprint density at radius 3 is 1.47 bits per heavy atom. The van der Waals surface area contributed by atoms with Crippen LogP contribution in [0.2, 0.25) is 0 Å². The van der Waals surface area contributed by atoms with Crippen LogP contribution in [0.1, 0.15) is 0 Å². The van der Waals surface area contributed by atoms with E-state index in [1.807, 2.05) is 0 Å². The molecule has 9 heteroatoms. The maximum Gasteiger partial charge on any atom is 0.412 e. The largest absolute Gasteiger partial charge is 0.412 e. The molecule has 0 unspecified atom stereocenters. The average Bonchev–Trinajstić information content (AvgIpc) is 1.99. The van der Waals surface area contributed by atoms with E-state index >= 15 is 0 Å². The Bertz CT molecular complexity index is 303. The first-order chi connectivity index (χ1) is 6.62. The van der Waals surface area contributed by atoms with Crippen molar-refractivity contribution in [3.63, 3.8) is 0 Å². The molecule has 0 aromatic carbocycles. The first kappa shape index (κ1) is 14.3. The summed E-state index contributed by atoms with van der Waals surface area (Å²) in [4.78, 5) is 17.0. The van der Waals surface area contributed by atoms with Gasteiger partial charge in [-0.1, -0.05) is 0 Å². The zero-order chi connectivity index (χ0) is 12.3. The van der Waals surface area contributed by atoms with E-state index < -0.39 is 43.7 Å². The molecule has 0 aliphatic carbocycles. The summed E-state index contributed by atoms with van der Waals surface area (Å²) in [6.45, 7) is 0. The molecule has 0 bridgehead atoms. The summed E-state index contributed by atoms with van der Waals surface area (Å²) in [6.07, 6.45) is -7.80. The number of halogens is 5. The van der Waals surface area contributed by atoms with Crippen LogP contribution in [-0.2, 0) is 4.57 Å². The lowest BCUT2D eigenvalue weighted by atomic mass is 10.1. The SMILES string of the molecule is O=P(O)(O)C(C=CF)(C=CF)C(F)(F)F. The van der Waals surface area contributed by atoms with Crippen molar-refractivity contribution in [1.82, 2.24) is 0 Å². The highest BCUT2D eigenvalue weighted by atomic mass is 31.2. The molecule has 3 nitrogen and oxygen atoms in total. The molecule has 0 fully saturated rings. The Labute approximate surface area is 81.1 Å². The molecule has 0 aromatic rings. The number of rotatable bonds is 3. The van der Waals surface area contributed by atoms with Crippen LogP contribution < -0.4 is 0 Å². The van der Waals surface area contributed by atoms with Gasteiger partial charge < -0.3 is 9.79 Å². The van der Waals surface area contributed by atoms with E-state index in [0.29, 0.717) is 0 Å². The van der Waals surface area contributed by atoms with Crippen LogP contribution in [-0.4, -0.2) is 21.1 Å². The number of alkyl halides is 3. The lowest BCUT2D eigenvalue weighted by Gasteiger charge is -2.29. The molecule has 0 spiro atoms. The van der Waals surface area contributed by atoms with Crippen LogP contribution >= 0.6 is 7.60 Å². The number of hydrogen-bond acceptors (Lipinski definition) is 1.